The average molecular weight is 290 g/mol. The Morgan fingerprint density at radius 1 is 1.29 bits per heavy atom. The van der Waals surface area contributed by atoms with Gasteiger partial charge < -0.3 is 10.2 Å². The molecule has 0 radical (unpaired) electrons. The smallest absolute Gasteiger partial charge is 0.219 e. The van der Waals surface area contributed by atoms with Crippen molar-refractivity contribution in [1.29, 1.82) is 0 Å². The van der Waals surface area contributed by atoms with E-state index in [1.54, 1.807) is 6.92 Å². The minimum Gasteiger partial charge on any atom is -0.343 e. The molecule has 0 aromatic heterocycles. The van der Waals surface area contributed by atoms with Crippen LogP contribution in [0.1, 0.15) is 57.6 Å². The van der Waals surface area contributed by atoms with Gasteiger partial charge in [0.05, 0.1) is 0 Å². The predicted molar refractivity (Wildman–Crippen MR) is 89.4 cm³/mol. The topological polar surface area (TPSA) is 32.3 Å². The molecule has 1 aromatic rings. The molecule has 0 saturated carbocycles. The maximum absolute atomic E-state index is 11.3. The maximum atomic E-state index is 11.3. The van der Waals surface area contributed by atoms with E-state index in [0.29, 0.717) is 5.92 Å². The van der Waals surface area contributed by atoms with Crippen LogP contribution in [-0.2, 0) is 11.3 Å². The van der Waals surface area contributed by atoms with Gasteiger partial charge in [-0.1, -0.05) is 45.0 Å². The van der Waals surface area contributed by atoms with Crippen molar-refractivity contribution in [2.45, 2.75) is 53.0 Å². The maximum Gasteiger partial charge on any atom is 0.219 e. The summed E-state index contributed by atoms with van der Waals surface area (Å²) in [6.07, 6.45) is 2.18. The number of amides is 1. The van der Waals surface area contributed by atoms with Gasteiger partial charge in [0.2, 0.25) is 5.91 Å². The monoisotopic (exact) mass is 290 g/mol. The van der Waals surface area contributed by atoms with Crippen LogP contribution >= 0.6 is 0 Å². The molecule has 1 amide bonds. The summed E-state index contributed by atoms with van der Waals surface area (Å²) in [6.45, 7) is 11.5. The van der Waals surface area contributed by atoms with Gasteiger partial charge in [-0.25, -0.2) is 0 Å². The van der Waals surface area contributed by atoms with E-state index in [1.165, 1.54) is 11.1 Å². The first-order chi connectivity index (χ1) is 10.2. The average Bonchev–Trinajstić information content (AvgIpc) is 2.55. The van der Waals surface area contributed by atoms with Gasteiger partial charge >= 0.3 is 0 Å². The van der Waals surface area contributed by atoms with E-state index < -0.39 is 0 Å². The fourth-order valence-corrected chi connectivity index (χ4v) is 2.75. The van der Waals surface area contributed by atoms with Gasteiger partial charge in [-0.2, -0.15) is 0 Å². The van der Waals surface area contributed by atoms with Crippen molar-refractivity contribution in [1.82, 2.24) is 10.2 Å². The van der Waals surface area contributed by atoms with Crippen LogP contribution in [0.5, 0.6) is 0 Å². The molecular formula is C18H30N2O. The van der Waals surface area contributed by atoms with E-state index in [9.17, 15) is 4.79 Å². The normalized spacial score (nSPS) is 15.3. The van der Waals surface area contributed by atoms with Crippen LogP contribution in [0.3, 0.4) is 0 Å². The number of hydrogen-bond acceptors (Lipinski definition) is 2. The van der Waals surface area contributed by atoms with E-state index in [1.807, 2.05) is 18.7 Å². The zero-order chi connectivity index (χ0) is 15.7. The van der Waals surface area contributed by atoms with Gasteiger partial charge in [-0.3, -0.25) is 4.79 Å². The van der Waals surface area contributed by atoms with Crippen LogP contribution < -0.4 is 5.32 Å². The molecule has 2 rings (SSSR count). The number of carbonyl (C=O) groups is 1. The Morgan fingerprint density at radius 3 is 2.52 bits per heavy atom. The van der Waals surface area contributed by atoms with E-state index in [0.717, 1.165) is 39.0 Å². The highest BCUT2D eigenvalue weighted by atomic mass is 16.2. The van der Waals surface area contributed by atoms with Crippen molar-refractivity contribution in [3.63, 3.8) is 0 Å². The second kappa shape index (κ2) is 9.56. The van der Waals surface area contributed by atoms with Crippen LogP contribution in [0.25, 0.3) is 0 Å². The lowest BCUT2D eigenvalue weighted by molar-refractivity contribution is -0.129. The highest BCUT2D eigenvalue weighted by molar-refractivity contribution is 5.73. The number of likely N-dealkylation sites (tertiary alicyclic amines) is 1. The third kappa shape index (κ3) is 5.50. The number of piperidine rings is 1. The van der Waals surface area contributed by atoms with E-state index in [-0.39, 0.29) is 5.91 Å². The molecular weight excluding hydrogens is 260 g/mol. The fourth-order valence-electron chi connectivity index (χ4n) is 2.75. The lowest BCUT2D eigenvalue weighted by Gasteiger charge is -2.31. The van der Waals surface area contributed by atoms with E-state index in [4.69, 9.17) is 0 Å². The van der Waals surface area contributed by atoms with Gasteiger partial charge in [0, 0.05) is 26.6 Å². The van der Waals surface area contributed by atoms with Crippen molar-refractivity contribution in [2.24, 2.45) is 0 Å². The van der Waals surface area contributed by atoms with Gasteiger partial charge in [0.15, 0.2) is 0 Å². The summed E-state index contributed by atoms with van der Waals surface area (Å²) in [5.74, 6) is 0.816. The Kier molecular flexibility index (Phi) is 8.06. The largest absolute Gasteiger partial charge is 0.343 e. The first-order valence-corrected chi connectivity index (χ1v) is 8.25. The van der Waals surface area contributed by atoms with Crippen molar-refractivity contribution >= 4 is 5.91 Å². The Hall–Kier alpha value is -1.35. The predicted octanol–water partition coefficient (Wildman–Crippen LogP) is 3.55. The zero-order valence-corrected chi connectivity index (χ0v) is 14.0. The van der Waals surface area contributed by atoms with Crippen LogP contribution in [0, 0.1) is 0 Å². The number of hydrogen-bond donors (Lipinski definition) is 1. The highest BCUT2D eigenvalue weighted by Gasteiger charge is 2.21. The number of carbonyl (C=O) groups excluding carboxylic acids is 1. The first-order valence-electron chi connectivity index (χ1n) is 8.25. The zero-order valence-electron chi connectivity index (χ0n) is 14.0. The Bertz CT molecular complexity index is 423. The van der Waals surface area contributed by atoms with Crippen molar-refractivity contribution in [2.75, 3.05) is 19.6 Å². The summed E-state index contributed by atoms with van der Waals surface area (Å²) in [5, 5.41) is 3.36. The second-order valence-corrected chi connectivity index (χ2v) is 5.31. The summed E-state index contributed by atoms with van der Waals surface area (Å²) in [7, 11) is 0. The third-order valence-electron chi connectivity index (χ3n) is 3.94. The van der Waals surface area contributed by atoms with Crippen molar-refractivity contribution in [3.8, 4) is 0 Å². The molecule has 118 valence electrons. The Balaban J connectivity index is 0.00000106. The van der Waals surface area contributed by atoms with E-state index >= 15 is 0 Å². The number of benzene rings is 1. The minimum atomic E-state index is 0.208. The molecule has 3 nitrogen and oxygen atoms in total. The lowest BCUT2D eigenvalue weighted by Crippen LogP contribution is -2.36. The Labute approximate surface area is 129 Å². The molecule has 0 spiro atoms. The Morgan fingerprint density at radius 2 is 1.95 bits per heavy atom. The van der Waals surface area contributed by atoms with Crippen molar-refractivity contribution in [3.05, 3.63) is 35.4 Å². The molecule has 3 heteroatoms. The summed E-state index contributed by atoms with van der Waals surface area (Å²) >= 11 is 0. The van der Waals surface area contributed by atoms with Gasteiger partial charge in [-0.15, -0.1) is 0 Å². The molecule has 0 bridgehead atoms. The second-order valence-electron chi connectivity index (χ2n) is 5.31. The fraction of sp³-hybridized carbons (Fsp3) is 0.611. The quantitative estimate of drug-likeness (QED) is 0.919. The van der Waals surface area contributed by atoms with Gasteiger partial charge in [0.1, 0.15) is 0 Å². The van der Waals surface area contributed by atoms with Crippen LogP contribution in [-0.4, -0.2) is 30.4 Å². The highest BCUT2D eigenvalue weighted by Crippen LogP contribution is 2.28. The molecule has 21 heavy (non-hydrogen) atoms. The summed E-state index contributed by atoms with van der Waals surface area (Å²) < 4.78 is 0. The van der Waals surface area contributed by atoms with E-state index in [2.05, 4.69) is 36.5 Å². The summed E-state index contributed by atoms with van der Waals surface area (Å²) in [6, 6.07) is 8.87. The summed E-state index contributed by atoms with van der Waals surface area (Å²) in [5.41, 5.74) is 2.78. The molecule has 0 unspecified atom stereocenters. The third-order valence-corrected chi connectivity index (χ3v) is 3.94. The molecule has 1 N–H and O–H groups in total. The lowest BCUT2D eigenvalue weighted by atomic mass is 9.88. The number of rotatable bonds is 4. The first kappa shape index (κ1) is 17.7. The van der Waals surface area contributed by atoms with Crippen LogP contribution in [0.4, 0.5) is 0 Å². The van der Waals surface area contributed by atoms with Crippen LogP contribution in [0.2, 0.25) is 0 Å². The number of nitrogens with one attached hydrogen (secondary N) is 1. The minimum absolute atomic E-state index is 0.208. The molecule has 1 aliphatic heterocycles. The molecule has 0 aliphatic carbocycles. The summed E-state index contributed by atoms with van der Waals surface area (Å²) in [4.78, 5) is 13.3. The molecule has 1 heterocycles. The SMILES string of the molecule is CC.CCNCc1cccc(C2CCN(C(C)=O)CC2)c1. The van der Waals surface area contributed by atoms with Gasteiger partial charge in [0.25, 0.3) is 0 Å². The van der Waals surface area contributed by atoms with Crippen LogP contribution in [0.15, 0.2) is 24.3 Å². The molecule has 1 saturated heterocycles. The van der Waals surface area contributed by atoms with Gasteiger partial charge in [-0.05, 0) is 36.4 Å². The molecule has 1 aromatic carbocycles. The molecule has 1 fully saturated rings. The molecule has 0 atom stereocenters. The molecule has 1 aliphatic rings. The van der Waals surface area contributed by atoms with Crippen molar-refractivity contribution < 1.29 is 4.79 Å². The standard InChI is InChI=1S/C16H24N2O.C2H6/c1-3-17-12-14-5-4-6-16(11-14)15-7-9-18(10-8-15)13(2)19;1-2/h4-6,11,15,17H,3,7-10,12H2,1-2H3;1-2H3. The number of nitrogens with zero attached hydrogens (tertiary/aromatic N) is 1.